The predicted octanol–water partition coefficient (Wildman–Crippen LogP) is 10.0. The van der Waals surface area contributed by atoms with Gasteiger partial charge >= 0.3 is 0 Å². The van der Waals surface area contributed by atoms with Gasteiger partial charge in [-0.05, 0) is 95.1 Å². The SMILES string of the molecule is Cc1c(CC(C)C)sc2cc(-c3cc(-c4cc(C(C)(C)C)c5cccnc5c4)nc4occ(C)c34)ccc12. The molecule has 0 aliphatic heterocycles. The lowest BCUT2D eigenvalue weighted by atomic mass is 9.83. The zero-order valence-electron chi connectivity index (χ0n) is 23.3. The molecule has 0 fully saturated rings. The summed E-state index contributed by atoms with van der Waals surface area (Å²) < 4.78 is 7.33. The van der Waals surface area contributed by atoms with Gasteiger partial charge in [0.05, 0.1) is 22.9 Å². The van der Waals surface area contributed by atoms with Gasteiger partial charge in [-0.25, -0.2) is 4.98 Å². The highest BCUT2D eigenvalue weighted by atomic mass is 32.1. The van der Waals surface area contributed by atoms with Crippen molar-refractivity contribution in [1.82, 2.24) is 9.97 Å². The molecule has 4 aromatic heterocycles. The van der Waals surface area contributed by atoms with Crippen LogP contribution in [0.2, 0.25) is 0 Å². The lowest BCUT2D eigenvalue weighted by Crippen LogP contribution is -2.12. The zero-order chi connectivity index (χ0) is 26.8. The van der Waals surface area contributed by atoms with Crippen LogP contribution in [0, 0.1) is 19.8 Å². The largest absolute Gasteiger partial charge is 0.446 e. The van der Waals surface area contributed by atoms with Crippen molar-refractivity contribution in [1.29, 1.82) is 0 Å². The number of hydrogen-bond acceptors (Lipinski definition) is 4. The molecule has 4 heterocycles. The smallest absolute Gasteiger partial charge is 0.227 e. The van der Waals surface area contributed by atoms with Gasteiger partial charge in [0.25, 0.3) is 0 Å². The molecule has 2 aromatic carbocycles. The molecule has 0 aliphatic rings. The number of rotatable bonds is 4. The molecule has 3 nitrogen and oxygen atoms in total. The Bertz CT molecular complexity index is 1830. The average Bonchev–Trinajstić information content (AvgIpc) is 3.40. The van der Waals surface area contributed by atoms with Crippen LogP contribution in [0.5, 0.6) is 0 Å². The van der Waals surface area contributed by atoms with E-state index in [2.05, 4.69) is 90.9 Å². The van der Waals surface area contributed by atoms with Crippen LogP contribution in [0.25, 0.3) is 54.5 Å². The third kappa shape index (κ3) is 4.21. The number of thiophene rings is 1. The molecule has 0 spiro atoms. The molecule has 0 saturated heterocycles. The van der Waals surface area contributed by atoms with Gasteiger partial charge in [-0.3, -0.25) is 4.98 Å². The van der Waals surface area contributed by atoms with E-state index in [0.717, 1.165) is 39.7 Å². The maximum absolute atomic E-state index is 5.99. The monoisotopic (exact) mass is 518 g/mol. The fourth-order valence-electron chi connectivity index (χ4n) is 5.53. The number of hydrogen-bond donors (Lipinski definition) is 0. The molecule has 4 heteroatoms. The molecule has 6 rings (SSSR count). The lowest BCUT2D eigenvalue weighted by Gasteiger charge is -2.22. The first-order valence-electron chi connectivity index (χ1n) is 13.4. The van der Waals surface area contributed by atoms with Crippen molar-refractivity contribution in [2.45, 2.75) is 60.3 Å². The van der Waals surface area contributed by atoms with Crippen LogP contribution >= 0.6 is 11.3 Å². The molecule has 0 aliphatic carbocycles. The molecule has 192 valence electrons. The van der Waals surface area contributed by atoms with E-state index in [1.54, 1.807) is 0 Å². The molecule has 0 amide bonds. The highest BCUT2D eigenvalue weighted by Crippen LogP contribution is 2.40. The van der Waals surface area contributed by atoms with Crippen molar-refractivity contribution < 1.29 is 4.42 Å². The van der Waals surface area contributed by atoms with E-state index in [-0.39, 0.29) is 5.41 Å². The van der Waals surface area contributed by atoms with Crippen LogP contribution in [0.3, 0.4) is 0 Å². The Balaban J connectivity index is 1.57. The first-order valence-corrected chi connectivity index (χ1v) is 14.2. The number of pyridine rings is 2. The number of nitrogens with zero attached hydrogens (tertiary/aromatic N) is 2. The normalized spacial score (nSPS) is 12.4. The Hall–Kier alpha value is -3.50. The maximum atomic E-state index is 5.99. The summed E-state index contributed by atoms with van der Waals surface area (Å²) in [5.41, 5.74) is 9.76. The van der Waals surface area contributed by atoms with E-state index in [0.29, 0.717) is 11.6 Å². The molecule has 38 heavy (non-hydrogen) atoms. The number of aryl methyl sites for hydroxylation is 2. The first-order chi connectivity index (χ1) is 18.1. The molecule has 0 bridgehead atoms. The quantitative estimate of drug-likeness (QED) is 0.233. The van der Waals surface area contributed by atoms with E-state index in [9.17, 15) is 0 Å². The molecule has 0 unspecified atom stereocenters. The van der Waals surface area contributed by atoms with Gasteiger partial charge in [-0.2, -0.15) is 0 Å². The zero-order valence-corrected chi connectivity index (χ0v) is 24.1. The maximum Gasteiger partial charge on any atom is 0.227 e. The van der Waals surface area contributed by atoms with Crippen molar-refractivity contribution in [2.75, 3.05) is 0 Å². The van der Waals surface area contributed by atoms with Crippen LogP contribution in [0.15, 0.2) is 65.4 Å². The standard InChI is InChI=1S/C34H34N2OS/c1-19(2)13-30-21(4)24-11-10-22(16-31(24)38-30)26-17-28(36-33-32(26)20(3)18-37-33)23-14-27(34(5,6)7)25-9-8-12-35-29(25)15-23/h8-12,14-19H,13H2,1-7H3. The highest BCUT2D eigenvalue weighted by molar-refractivity contribution is 7.19. The summed E-state index contributed by atoms with van der Waals surface area (Å²) in [6.45, 7) is 15.7. The van der Waals surface area contributed by atoms with Crippen molar-refractivity contribution >= 4 is 43.4 Å². The second kappa shape index (κ2) is 9.06. The highest BCUT2D eigenvalue weighted by Gasteiger charge is 2.21. The summed E-state index contributed by atoms with van der Waals surface area (Å²) in [5, 5.41) is 3.63. The summed E-state index contributed by atoms with van der Waals surface area (Å²) in [6, 6.07) is 17.7. The van der Waals surface area contributed by atoms with Crippen LogP contribution in [0.4, 0.5) is 0 Å². The van der Waals surface area contributed by atoms with Gasteiger partial charge in [-0.15, -0.1) is 11.3 Å². The summed E-state index contributed by atoms with van der Waals surface area (Å²) >= 11 is 1.93. The third-order valence-electron chi connectivity index (χ3n) is 7.49. The van der Waals surface area contributed by atoms with Crippen LogP contribution in [-0.2, 0) is 11.8 Å². The first kappa shape index (κ1) is 24.8. The summed E-state index contributed by atoms with van der Waals surface area (Å²) in [7, 11) is 0. The van der Waals surface area contributed by atoms with Crippen molar-refractivity contribution in [3.05, 3.63) is 82.6 Å². The van der Waals surface area contributed by atoms with Crippen LogP contribution in [0.1, 0.15) is 56.2 Å². The Kier molecular flexibility index (Phi) is 5.92. The second-order valence-corrected chi connectivity index (χ2v) is 13.1. The van der Waals surface area contributed by atoms with Gasteiger partial charge in [-0.1, -0.05) is 52.8 Å². The minimum atomic E-state index is -0.0265. The van der Waals surface area contributed by atoms with Crippen molar-refractivity contribution in [3.8, 4) is 22.4 Å². The van der Waals surface area contributed by atoms with E-state index in [4.69, 9.17) is 14.4 Å². The topological polar surface area (TPSA) is 38.9 Å². The summed E-state index contributed by atoms with van der Waals surface area (Å²) in [6.07, 6.45) is 4.81. The molecule has 0 saturated carbocycles. The van der Waals surface area contributed by atoms with E-state index < -0.39 is 0 Å². The lowest BCUT2D eigenvalue weighted by molar-refractivity contribution is 0.596. The Labute approximate surface area is 228 Å². The summed E-state index contributed by atoms with van der Waals surface area (Å²) in [5.74, 6) is 0.645. The number of aromatic nitrogens is 2. The third-order valence-corrected chi connectivity index (χ3v) is 8.77. The molecule has 6 aromatic rings. The Morgan fingerprint density at radius 2 is 1.76 bits per heavy atom. The van der Waals surface area contributed by atoms with Gasteiger partial charge in [0.1, 0.15) is 0 Å². The minimum absolute atomic E-state index is 0.0265. The number of fused-ring (bicyclic) bond motifs is 3. The predicted molar refractivity (Wildman–Crippen MR) is 162 cm³/mol. The van der Waals surface area contributed by atoms with E-state index in [1.165, 1.54) is 37.0 Å². The van der Waals surface area contributed by atoms with Crippen LogP contribution < -0.4 is 0 Å². The number of benzene rings is 2. The molecule has 0 atom stereocenters. The van der Waals surface area contributed by atoms with Gasteiger partial charge < -0.3 is 4.42 Å². The second-order valence-electron chi connectivity index (χ2n) is 12.0. The fourth-order valence-corrected chi connectivity index (χ4v) is 6.99. The fraction of sp³-hybridized carbons (Fsp3) is 0.294. The van der Waals surface area contributed by atoms with Gasteiger partial charge in [0.2, 0.25) is 5.71 Å². The van der Waals surface area contributed by atoms with E-state index in [1.807, 2.05) is 29.9 Å². The van der Waals surface area contributed by atoms with Gasteiger partial charge in [0.15, 0.2) is 0 Å². The average molecular weight is 519 g/mol. The van der Waals surface area contributed by atoms with Gasteiger partial charge in [0, 0.05) is 26.7 Å². The van der Waals surface area contributed by atoms with Crippen molar-refractivity contribution in [3.63, 3.8) is 0 Å². The van der Waals surface area contributed by atoms with Crippen molar-refractivity contribution in [2.24, 2.45) is 5.92 Å². The molecule has 0 radical (unpaired) electrons. The minimum Gasteiger partial charge on any atom is -0.446 e. The van der Waals surface area contributed by atoms with E-state index >= 15 is 0 Å². The molecule has 0 N–H and O–H groups in total. The number of furan rings is 1. The van der Waals surface area contributed by atoms with Crippen LogP contribution in [-0.4, -0.2) is 9.97 Å². The Morgan fingerprint density at radius 3 is 2.53 bits per heavy atom. The molecular formula is C34H34N2OS. The Morgan fingerprint density at radius 1 is 0.947 bits per heavy atom. The summed E-state index contributed by atoms with van der Waals surface area (Å²) in [4.78, 5) is 11.2. The molecular weight excluding hydrogens is 484 g/mol.